The molecular formula is C14H18FN3O2. The SMILES string of the molecule is NC[C@H]1CCC[C@H]1C(=O)Nc1cc(C(N)=O)ccc1F. The Bertz CT molecular complexity index is 533. The Labute approximate surface area is 116 Å². The molecule has 0 bridgehead atoms. The highest BCUT2D eigenvalue weighted by Gasteiger charge is 2.32. The molecular weight excluding hydrogens is 261 g/mol. The molecule has 0 aliphatic heterocycles. The van der Waals surface area contributed by atoms with E-state index in [2.05, 4.69) is 5.32 Å². The number of primary amides is 1. The molecule has 1 aliphatic rings. The van der Waals surface area contributed by atoms with E-state index in [1.807, 2.05) is 0 Å². The van der Waals surface area contributed by atoms with Gasteiger partial charge in [0.05, 0.1) is 5.69 Å². The molecule has 5 N–H and O–H groups in total. The van der Waals surface area contributed by atoms with Crippen LogP contribution in [0.4, 0.5) is 10.1 Å². The van der Waals surface area contributed by atoms with Gasteiger partial charge in [-0.05, 0) is 43.5 Å². The topological polar surface area (TPSA) is 98.2 Å². The van der Waals surface area contributed by atoms with Crippen molar-refractivity contribution in [2.75, 3.05) is 11.9 Å². The summed E-state index contributed by atoms with van der Waals surface area (Å²) in [4.78, 5) is 23.2. The van der Waals surface area contributed by atoms with Crippen molar-refractivity contribution in [2.45, 2.75) is 19.3 Å². The summed E-state index contributed by atoms with van der Waals surface area (Å²) in [5.41, 5.74) is 10.9. The summed E-state index contributed by atoms with van der Waals surface area (Å²) in [6.07, 6.45) is 2.62. The Hall–Kier alpha value is -1.95. The average Bonchev–Trinajstić information content (AvgIpc) is 2.89. The van der Waals surface area contributed by atoms with Crippen LogP contribution in [-0.4, -0.2) is 18.4 Å². The van der Waals surface area contributed by atoms with Gasteiger partial charge in [-0.15, -0.1) is 0 Å². The van der Waals surface area contributed by atoms with Crippen molar-refractivity contribution in [2.24, 2.45) is 23.3 Å². The molecule has 0 spiro atoms. The van der Waals surface area contributed by atoms with E-state index in [0.29, 0.717) is 6.54 Å². The van der Waals surface area contributed by atoms with Crippen LogP contribution in [0.3, 0.4) is 0 Å². The normalized spacial score (nSPS) is 21.7. The maximum atomic E-state index is 13.7. The predicted octanol–water partition coefficient (Wildman–Crippen LogP) is 1.24. The molecule has 0 unspecified atom stereocenters. The van der Waals surface area contributed by atoms with Crippen LogP contribution in [0, 0.1) is 17.7 Å². The molecule has 2 atom stereocenters. The highest BCUT2D eigenvalue weighted by Crippen LogP contribution is 2.32. The minimum absolute atomic E-state index is 0.0195. The summed E-state index contributed by atoms with van der Waals surface area (Å²) in [5.74, 6) is -1.57. The Morgan fingerprint density at radius 1 is 1.35 bits per heavy atom. The molecule has 0 heterocycles. The summed E-state index contributed by atoms with van der Waals surface area (Å²) in [6.45, 7) is 0.446. The summed E-state index contributed by atoms with van der Waals surface area (Å²) < 4.78 is 13.7. The number of hydrogen-bond donors (Lipinski definition) is 3. The van der Waals surface area contributed by atoms with Crippen molar-refractivity contribution < 1.29 is 14.0 Å². The van der Waals surface area contributed by atoms with E-state index in [1.165, 1.54) is 12.1 Å². The zero-order chi connectivity index (χ0) is 14.7. The van der Waals surface area contributed by atoms with Crippen molar-refractivity contribution in [1.29, 1.82) is 0 Å². The highest BCUT2D eigenvalue weighted by molar-refractivity contribution is 5.97. The largest absolute Gasteiger partial charge is 0.366 e. The first kappa shape index (κ1) is 14.5. The standard InChI is InChI=1S/C14H18FN3O2/c15-11-5-4-8(13(17)19)6-12(11)18-14(20)10-3-1-2-9(10)7-16/h4-6,9-10H,1-3,7,16H2,(H2,17,19)(H,18,20)/t9-,10-/m1/s1. The van der Waals surface area contributed by atoms with E-state index >= 15 is 0 Å². The molecule has 1 saturated carbocycles. The lowest BCUT2D eigenvalue weighted by Gasteiger charge is -2.17. The molecule has 5 nitrogen and oxygen atoms in total. The first-order valence-corrected chi connectivity index (χ1v) is 6.63. The molecule has 6 heteroatoms. The maximum Gasteiger partial charge on any atom is 0.248 e. The molecule has 1 aromatic rings. The van der Waals surface area contributed by atoms with Crippen LogP contribution in [0.25, 0.3) is 0 Å². The first-order chi connectivity index (χ1) is 9.52. The van der Waals surface area contributed by atoms with Crippen molar-refractivity contribution in [3.05, 3.63) is 29.6 Å². The second-order valence-corrected chi connectivity index (χ2v) is 5.08. The van der Waals surface area contributed by atoms with E-state index < -0.39 is 11.7 Å². The first-order valence-electron chi connectivity index (χ1n) is 6.63. The number of rotatable bonds is 4. The summed E-state index contributed by atoms with van der Waals surface area (Å²) in [6, 6.07) is 3.65. The molecule has 20 heavy (non-hydrogen) atoms. The lowest BCUT2D eigenvalue weighted by molar-refractivity contribution is -0.120. The van der Waals surface area contributed by atoms with Gasteiger partial charge in [-0.2, -0.15) is 0 Å². The van der Waals surface area contributed by atoms with Crippen LogP contribution in [-0.2, 0) is 4.79 Å². The van der Waals surface area contributed by atoms with Gasteiger partial charge in [0, 0.05) is 11.5 Å². The number of nitrogens with two attached hydrogens (primary N) is 2. The van der Waals surface area contributed by atoms with Crippen molar-refractivity contribution in [3.63, 3.8) is 0 Å². The number of nitrogens with one attached hydrogen (secondary N) is 1. The number of carbonyl (C=O) groups is 2. The third-order valence-electron chi connectivity index (χ3n) is 3.81. The minimum atomic E-state index is -0.666. The Morgan fingerprint density at radius 2 is 2.10 bits per heavy atom. The number of benzene rings is 1. The molecule has 0 radical (unpaired) electrons. The van der Waals surface area contributed by atoms with Crippen LogP contribution in [0.15, 0.2) is 18.2 Å². The lowest BCUT2D eigenvalue weighted by Crippen LogP contribution is -2.30. The third-order valence-corrected chi connectivity index (χ3v) is 3.81. The van der Waals surface area contributed by atoms with Gasteiger partial charge >= 0.3 is 0 Å². The molecule has 1 aromatic carbocycles. The zero-order valence-corrected chi connectivity index (χ0v) is 11.1. The molecule has 2 amide bonds. The smallest absolute Gasteiger partial charge is 0.248 e. The molecule has 2 rings (SSSR count). The van der Waals surface area contributed by atoms with Crippen LogP contribution in [0.2, 0.25) is 0 Å². The van der Waals surface area contributed by atoms with E-state index in [-0.39, 0.29) is 29.0 Å². The average molecular weight is 279 g/mol. The molecule has 1 fully saturated rings. The molecule has 0 aromatic heterocycles. The monoisotopic (exact) mass is 279 g/mol. The van der Waals surface area contributed by atoms with Gasteiger partial charge in [-0.3, -0.25) is 9.59 Å². The Balaban J connectivity index is 2.15. The second-order valence-electron chi connectivity index (χ2n) is 5.08. The number of halogens is 1. The maximum absolute atomic E-state index is 13.7. The Kier molecular flexibility index (Phi) is 4.34. The van der Waals surface area contributed by atoms with Gasteiger partial charge in [0.25, 0.3) is 0 Å². The number of carbonyl (C=O) groups excluding carboxylic acids is 2. The highest BCUT2D eigenvalue weighted by atomic mass is 19.1. The summed E-state index contributed by atoms with van der Waals surface area (Å²) >= 11 is 0. The van der Waals surface area contributed by atoms with Crippen LogP contribution in [0.5, 0.6) is 0 Å². The number of amides is 2. The number of anilines is 1. The second kappa shape index (κ2) is 6.00. The predicted molar refractivity (Wildman–Crippen MR) is 73.4 cm³/mol. The van der Waals surface area contributed by atoms with Crippen LogP contribution in [0.1, 0.15) is 29.6 Å². The summed E-state index contributed by atoms with van der Waals surface area (Å²) in [7, 11) is 0. The van der Waals surface area contributed by atoms with Crippen molar-refractivity contribution in [1.82, 2.24) is 0 Å². The van der Waals surface area contributed by atoms with Crippen molar-refractivity contribution in [3.8, 4) is 0 Å². The molecule has 0 saturated heterocycles. The van der Waals surface area contributed by atoms with Crippen molar-refractivity contribution >= 4 is 17.5 Å². The molecule has 1 aliphatic carbocycles. The Morgan fingerprint density at radius 3 is 2.75 bits per heavy atom. The third kappa shape index (κ3) is 2.96. The van der Waals surface area contributed by atoms with E-state index in [0.717, 1.165) is 25.3 Å². The van der Waals surface area contributed by atoms with Crippen LogP contribution >= 0.6 is 0 Å². The van der Waals surface area contributed by atoms with Gasteiger partial charge in [-0.25, -0.2) is 4.39 Å². The quantitative estimate of drug-likeness (QED) is 0.773. The van der Waals surface area contributed by atoms with Gasteiger partial charge < -0.3 is 16.8 Å². The van der Waals surface area contributed by atoms with E-state index in [1.54, 1.807) is 0 Å². The lowest BCUT2D eigenvalue weighted by atomic mass is 9.95. The zero-order valence-electron chi connectivity index (χ0n) is 11.1. The van der Waals surface area contributed by atoms with E-state index in [4.69, 9.17) is 11.5 Å². The van der Waals surface area contributed by atoms with Crippen LogP contribution < -0.4 is 16.8 Å². The fraction of sp³-hybridized carbons (Fsp3) is 0.429. The fourth-order valence-electron chi connectivity index (χ4n) is 2.66. The van der Waals surface area contributed by atoms with Gasteiger partial charge in [0.1, 0.15) is 5.82 Å². The number of hydrogen-bond acceptors (Lipinski definition) is 3. The van der Waals surface area contributed by atoms with Gasteiger partial charge in [-0.1, -0.05) is 6.42 Å². The minimum Gasteiger partial charge on any atom is -0.366 e. The van der Waals surface area contributed by atoms with E-state index in [9.17, 15) is 14.0 Å². The van der Waals surface area contributed by atoms with Gasteiger partial charge in [0.2, 0.25) is 11.8 Å². The fourth-order valence-corrected chi connectivity index (χ4v) is 2.66. The molecule has 108 valence electrons. The van der Waals surface area contributed by atoms with Gasteiger partial charge in [0.15, 0.2) is 0 Å². The summed E-state index contributed by atoms with van der Waals surface area (Å²) in [5, 5.41) is 2.53.